The van der Waals surface area contributed by atoms with E-state index in [1.807, 2.05) is 0 Å². The molecule has 1 aromatic rings. The highest BCUT2D eigenvalue weighted by molar-refractivity contribution is 6.36. The van der Waals surface area contributed by atoms with E-state index in [9.17, 15) is 4.79 Å². The Labute approximate surface area is 112 Å². The summed E-state index contributed by atoms with van der Waals surface area (Å²) >= 11 is 12.0. The fourth-order valence-corrected chi connectivity index (χ4v) is 2.02. The van der Waals surface area contributed by atoms with Gasteiger partial charge in [0.15, 0.2) is 0 Å². The Balaban J connectivity index is 2.51. The van der Waals surface area contributed by atoms with Gasteiger partial charge in [-0.25, -0.2) is 0 Å². The second kappa shape index (κ2) is 7.00. The zero-order chi connectivity index (χ0) is 12.8. The van der Waals surface area contributed by atoms with Crippen LogP contribution in [0.2, 0.25) is 10.0 Å². The molecular formula is C13H17Cl2NO. The van der Waals surface area contributed by atoms with Crippen molar-refractivity contribution in [3.8, 4) is 0 Å². The number of hydrogen-bond acceptors (Lipinski definition) is 2. The first kappa shape index (κ1) is 14.5. The number of carbonyl (C=O) groups is 1. The molecule has 0 aromatic heterocycles. The third-order valence-electron chi connectivity index (χ3n) is 2.39. The highest BCUT2D eigenvalue weighted by Gasteiger charge is 2.10. The van der Waals surface area contributed by atoms with Gasteiger partial charge >= 0.3 is 0 Å². The van der Waals surface area contributed by atoms with Crippen LogP contribution >= 0.6 is 23.2 Å². The lowest BCUT2D eigenvalue weighted by Crippen LogP contribution is -2.25. The zero-order valence-corrected chi connectivity index (χ0v) is 11.6. The molecular weight excluding hydrogens is 257 g/mol. The van der Waals surface area contributed by atoms with E-state index in [0.717, 1.165) is 5.56 Å². The van der Waals surface area contributed by atoms with Crippen LogP contribution in [-0.4, -0.2) is 18.4 Å². The minimum atomic E-state index is 0.146. The predicted molar refractivity (Wildman–Crippen MR) is 72.9 cm³/mol. The van der Waals surface area contributed by atoms with Crippen LogP contribution in [0.3, 0.4) is 0 Å². The van der Waals surface area contributed by atoms with E-state index in [-0.39, 0.29) is 5.78 Å². The second-order valence-corrected chi connectivity index (χ2v) is 5.09. The monoisotopic (exact) mass is 273 g/mol. The summed E-state index contributed by atoms with van der Waals surface area (Å²) < 4.78 is 0. The Kier molecular flexibility index (Phi) is 5.96. The van der Waals surface area contributed by atoms with Crippen LogP contribution in [0.15, 0.2) is 18.2 Å². The van der Waals surface area contributed by atoms with Gasteiger partial charge in [-0.1, -0.05) is 43.1 Å². The molecule has 0 unspecified atom stereocenters. The molecule has 2 nitrogen and oxygen atoms in total. The molecule has 0 amide bonds. The van der Waals surface area contributed by atoms with Crippen molar-refractivity contribution in [1.82, 2.24) is 5.32 Å². The maximum atomic E-state index is 11.7. The summed E-state index contributed by atoms with van der Waals surface area (Å²) in [7, 11) is 0. The lowest BCUT2D eigenvalue weighted by Gasteiger charge is -2.08. The van der Waals surface area contributed by atoms with Crippen molar-refractivity contribution in [2.24, 2.45) is 0 Å². The SMILES string of the molecule is CC(C)NCCC(=O)Cc1c(Cl)cccc1Cl. The van der Waals surface area contributed by atoms with Gasteiger partial charge < -0.3 is 5.32 Å². The van der Waals surface area contributed by atoms with Gasteiger partial charge in [0, 0.05) is 35.5 Å². The first-order chi connectivity index (χ1) is 8.00. The van der Waals surface area contributed by atoms with E-state index in [2.05, 4.69) is 19.2 Å². The quantitative estimate of drug-likeness (QED) is 0.860. The summed E-state index contributed by atoms with van der Waals surface area (Å²) in [6.45, 7) is 4.80. The first-order valence-corrected chi connectivity index (χ1v) is 6.44. The van der Waals surface area contributed by atoms with Crippen molar-refractivity contribution in [1.29, 1.82) is 0 Å². The lowest BCUT2D eigenvalue weighted by molar-refractivity contribution is -0.118. The van der Waals surface area contributed by atoms with Gasteiger partial charge in [-0.05, 0) is 17.7 Å². The number of benzene rings is 1. The van der Waals surface area contributed by atoms with Crippen LogP contribution in [0.25, 0.3) is 0 Å². The molecule has 4 heteroatoms. The Morgan fingerprint density at radius 3 is 2.41 bits per heavy atom. The topological polar surface area (TPSA) is 29.1 Å². The number of nitrogens with one attached hydrogen (secondary N) is 1. The minimum Gasteiger partial charge on any atom is -0.314 e. The van der Waals surface area contributed by atoms with Crippen LogP contribution in [-0.2, 0) is 11.2 Å². The molecule has 1 rings (SSSR count). The summed E-state index contributed by atoms with van der Waals surface area (Å²) in [5, 5.41) is 4.32. The van der Waals surface area contributed by atoms with Crippen molar-refractivity contribution in [3.05, 3.63) is 33.8 Å². The molecule has 94 valence electrons. The number of rotatable bonds is 6. The van der Waals surface area contributed by atoms with Crippen LogP contribution in [0.5, 0.6) is 0 Å². The highest BCUT2D eigenvalue weighted by atomic mass is 35.5. The van der Waals surface area contributed by atoms with Crippen molar-refractivity contribution < 1.29 is 4.79 Å². The molecule has 0 saturated heterocycles. The molecule has 0 aliphatic rings. The molecule has 0 bridgehead atoms. The Morgan fingerprint density at radius 1 is 1.29 bits per heavy atom. The van der Waals surface area contributed by atoms with Gasteiger partial charge in [0.05, 0.1) is 0 Å². The average molecular weight is 274 g/mol. The van der Waals surface area contributed by atoms with Crippen LogP contribution < -0.4 is 5.32 Å². The van der Waals surface area contributed by atoms with E-state index in [0.29, 0.717) is 35.5 Å². The van der Waals surface area contributed by atoms with Gasteiger partial charge in [-0.15, -0.1) is 0 Å². The molecule has 17 heavy (non-hydrogen) atoms. The van der Waals surface area contributed by atoms with E-state index in [1.165, 1.54) is 0 Å². The van der Waals surface area contributed by atoms with Crippen LogP contribution in [0.4, 0.5) is 0 Å². The summed E-state index contributed by atoms with van der Waals surface area (Å²) in [6, 6.07) is 5.68. The molecule has 0 aliphatic heterocycles. The average Bonchev–Trinajstić information content (AvgIpc) is 2.23. The van der Waals surface area contributed by atoms with E-state index in [1.54, 1.807) is 18.2 Å². The molecule has 0 aliphatic carbocycles. The molecule has 0 heterocycles. The molecule has 0 spiro atoms. The number of halogens is 2. The molecule has 0 radical (unpaired) electrons. The zero-order valence-electron chi connectivity index (χ0n) is 10.1. The van der Waals surface area contributed by atoms with Gasteiger partial charge in [0.2, 0.25) is 0 Å². The summed E-state index contributed by atoms with van der Waals surface area (Å²) in [5.41, 5.74) is 0.727. The Morgan fingerprint density at radius 2 is 1.88 bits per heavy atom. The molecule has 0 fully saturated rings. The lowest BCUT2D eigenvalue weighted by atomic mass is 10.1. The normalized spacial score (nSPS) is 10.9. The van der Waals surface area contributed by atoms with E-state index in [4.69, 9.17) is 23.2 Å². The van der Waals surface area contributed by atoms with E-state index < -0.39 is 0 Å². The third-order valence-corrected chi connectivity index (χ3v) is 3.10. The Hall–Kier alpha value is -0.570. The van der Waals surface area contributed by atoms with Crippen LogP contribution in [0, 0.1) is 0 Å². The second-order valence-electron chi connectivity index (χ2n) is 4.27. The minimum absolute atomic E-state index is 0.146. The maximum absolute atomic E-state index is 11.7. The molecule has 0 atom stereocenters. The predicted octanol–water partition coefficient (Wildman–Crippen LogP) is 3.49. The summed E-state index contributed by atoms with van der Waals surface area (Å²) in [4.78, 5) is 11.7. The van der Waals surface area contributed by atoms with Gasteiger partial charge in [-0.2, -0.15) is 0 Å². The number of ketones is 1. The molecule has 1 N–H and O–H groups in total. The fourth-order valence-electron chi connectivity index (χ4n) is 1.49. The highest BCUT2D eigenvalue weighted by Crippen LogP contribution is 2.24. The van der Waals surface area contributed by atoms with Gasteiger partial charge in [-0.3, -0.25) is 4.79 Å². The number of Topliss-reactive ketones (excluding diaryl/α,β-unsaturated/α-hetero) is 1. The van der Waals surface area contributed by atoms with Gasteiger partial charge in [0.25, 0.3) is 0 Å². The van der Waals surface area contributed by atoms with Crippen molar-refractivity contribution in [2.75, 3.05) is 6.54 Å². The summed E-state index contributed by atoms with van der Waals surface area (Å²) in [5.74, 6) is 0.146. The van der Waals surface area contributed by atoms with Gasteiger partial charge in [0.1, 0.15) is 5.78 Å². The van der Waals surface area contributed by atoms with Crippen molar-refractivity contribution in [3.63, 3.8) is 0 Å². The molecule has 1 aromatic carbocycles. The van der Waals surface area contributed by atoms with E-state index >= 15 is 0 Å². The number of carbonyl (C=O) groups excluding carboxylic acids is 1. The summed E-state index contributed by atoms with van der Waals surface area (Å²) in [6.07, 6.45) is 0.804. The third kappa shape index (κ3) is 5.07. The Bertz CT molecular complexity index is 371. The standard InChI is InChI=1S/C13H17Cl2NO/c1-9(2)16-7-6-10(17)8-11-12(14)4-3-5-13(11)15/h3-5,9,16H,6-8H2,1-2H3. The first-order valence-electron chi connectivity index (χ1n) is 5.68. The number of hydrogen-bond donors (Lipinski definition) is 1. The largest absolute Gasteiger partial charge is 0.314 e. The maximum Gasteiger partial charge on any atom is 0.138 e. The fraction of sp³-hybridized carbons (Fsp3) is 0.462. The van der Waals surface area contributed by atoms with Crippen molar-refractivity contribution in [2.45, 2.75) is 32.7 Å². The van der Waals surface area contributed by atoms with Crippen LogP contribution in [0.1, 0.15) is 25.8 Å². The van der Waals surface area contributed by atoms with Crippen molar-refractivity contribution >= 4 is 29.0 Å². The smallest absolute Gasteiger partial charge is 0.138 e. The molecule has 0 saturated carbocycles.